The van der Waals surface area contributed by atoms with E-state index < -0.39 is 23.9 Å². The maximum Gasteiger partial charge on any atom is 0.240 e. The van der Waals surface area contributed by atoms with Crippen molar-refractivity contribution in [3.05, 3.63) is 93.4 Å². The molecule has 0 spiro atoms. The highest BCUT2D eigenvalue weighted by atomic mass is 79.9. The van der Waals surface area contributed by atoms with Crippen molar-refractivity contribution in [2.75, 3.05) is 16.4 Å². The number of amides is 2. The zero-order valence-electron chi connectivity index (χ0n) is 21.2. The molecule has 4 atom stereocenters. The lowest BCUT2D eigenvalue weighted by Gasteiger charge is -2.36. The Labute approximate surface area is 240 Å². The number of hydrogen-bond donors (Lipinski definition) is 0. The van der Waals surface area contributed by atoms with Crippen LogP contribution in [0.4, 0.5) is 11.4 Å². The third-order valence-corrected chi connectivity index (χ3v) is 8.49. The Morgan fingerprint density at radius 1 is 0.974 bits per heavy atom. The molecular formula is C31H26BrClN2O4. The van der Waals surface area contributed by atoms with Gasteiger partial charge in [-0.2, -0.15) is 0 Å². The van der Waals surface area contributed by atoms with Crippen molar-refractivity contribution in [2.24, 2.45) is 11.8 Å². The number of hydrogen-bond acceptors (Lipinski definition) is 5. The quantitative estimate of drug-likeness (QED) is 0.174. The van der Waals surface area contributed by atoms with E-state index in [1.54, 1.807) is 60.7 Å². The van der Waals surface area contributed by atoms with Crippen LogP contribution in [0.25, 0.3) is 6.08 Å². The summed E-state index contributed by atoms with van der Waals surface area (Å²) in [6, 6.07) is 18.3. The Morgan fingerprint density at radius 2 is 1.69 bits per heavy atom. The van der Waals surface area contributed by atoms with E-state index in [0.717, 1.165) is 28.6 Å². The second-order valence-electron chi connectivity index (χ2n) is 10.0. The van der Waals surface area contributed by atoms with Crippen molar-refractivity contribution in [2.45, 2.75) is 31.8 Å². The molecule has 0 bridgehead atoms. The van der Waals surface area contributed by atoms with Gasteiger partial charge in [0.2, 0.25) is 11.8 Å². The van der Waals surface area contributed by atoms with Crippen LogP contribution in [0.2, 0.25) is 5.02 Å². The summed E-state index contributed by atoms with van der Waals surface area (Å²) >= 11 is 9.79. The van der Waals surface area contributed by atoms with E-state index in [4.69, 9.17) is 16.3 Å². The fourth-order valence-corrected chi connectivity index (χ4v) is 6.33. The minimum Gasteiger partial charge on any atom is -0.494 e. The maximum atomic E-state index is 14.1. The van der Waals surface area contributed by atoms with Crippen LogP contribution >= 0.6 is 27.5 Å². The number of rotatable bonds is 7. The first-order chi connectivity index (χ1) is 18.9. The monoisotopic (exact) mass is 604 g/mol. The molecule has 0 N–H and O–H groups in total. The third-order valence-electron chi connectivity index (χ3n) is 7.73. The number of imide groups is 1. The van der Waals surface area contributed by atoms with Gasteiger partial charge >= 0.3 is 0 Å². The molecule has 6 nitrogen and oxygen atoms in total. The second kappa shape index (κ2) is 10.3. The molecule has 3 aromatic rings. The van der Waals surface area contributed by atoms with Crippen LogP contribution in [0.3, 0.4) is 0 Å². The van der Waals surface area contributed by atoms with E-state index in [2.05, 4.69) is 22.9 Å². The summed E-state index contributed by atoms with van der Waals surface area (Å²) in [6.45, 7) is 2.70. The maximum absolute atomic E-state index is 14.1. The first kappa shape index (κ1) is 25.8. The van der Waals surface area contributed by atoms with E-state index >= 15 is 0 Å². The fraction of sp³-hybridized carbons (Fsp3) is 0.258. The van der Waals surface area contributed by atoms with E-state index in [0.29, 0.717) is 28.6 Å². The van der Waals surface area contributed by atoms with Crippen LogP contribution in [0, 0.1) is 11.8 Å². The summed E-state index contributed by atoms with van der Waals surface area (Å²) in [5, 5.41) is 0.523. The van der Waals surface area contributed by atoms with E-state index in [9.17, 15) is 14.4 Å². The van der Waals surface area contributed by atoms with Gasteiger partial charge in [-0.05, 0) is 60.5 Å². The first-order valence-corrected chi connectivity index (χ1v) is 14.2. The van der Waals surface area contributed by atoms with E-state index in [1.165, 1.54) is 4.90 Å². The van der Waals surface area contributed by atoms with Gasteiger partial charge < -0.3 is 9.64 Å². The molecule has 39 heavy (non-hydrogen) atoms. The molecule has 3 aliphatic rings. The summed E-state index contributed by atoms with van der Waals surface area (Å²) in [7, 11) is 0. The molecular weight excluding hydrogens is 580 g/mol. The van der Waals surface area contributed by atoms with Gasteiger partial charge in [0.1, 0.15) is 11.8 Å². The molecule has 0 aliphatic carbocycles. The Morgan fingerprint density at radius 3 is 2.41 bits per heavy atom. The second-order valence-corrected chi connectivity index (χ2v) is 11.4. The standard InChI is InChI=1S/C31H26BrClN2O4/c1-2-3-16-39-23-13-11-22(12-14-23)34-30(37)26-24-15-7-18-6-10-21(33)17-25(18)35(24)28(27(26)31(34)38)29(36)19-4-8-20(32)9-5-19/h4-15,17,24,26-28H,2-3,16H2,1H3/t24-,26-,27-,28+/m1/s1. The number of Topliss-reactive ketones (excluding diaryl/α,β-unsaturated/α-hetero) is 1. The molecule has 2 saturated heterocycles. The number of benzene rings is 3. The highest BCUT2D eigenvalue weighted by Gasteiger charge is 2.64. The van der Waals surface area contributed by atoms with Crippen LogP contribution in [0.5, 0.6) is 5.75 Å². The zero-order chi connectivity index (χ0) is 27.3. The molecule has 3 aromatic carbocycles. The van der Waals surface area contributed by atoms with Gasteiger partial charge in [0.15, 0.2) is 5.78 Å². The molecule has 0 saturated carbocycles. The fourth-order valence-electron chi connectivity index (χ4n) is 5.90. The zero-order valence-corrected chi connectivity index (χ0v) is 23.6. The van der Waals surface area contributed by atoms with Crippen LogP contribution in [0.1, 0.15) is 35.7 Å². The van der Waals surface area contributed by atoms with Crippen LogP contribution in [-0.2, 0) is 9.59 Å². The van der Waals surface area contributed by atoms with Gasteiger partial charge in [-0.15, -0.1) is 0 Å². The van der Waals surface area contributed by atoms with Crippen LogP contribution in [-0.4, -0.2) is 36.3 Å². The molecule has 2 fully saturated rings. The molecule has 0 aromatic heterocycles. The number of nitrogens with zero attached hydrogens (tertiary/aromatic N) is 2. The van der Waals surface area contributed by atoms with E-state index in [1.807, 2.05) is 23.1 Å². The predicted octanol–water partition coefficient (Wildman–Crippen LogP) is 6.55. The minimum atomic E-state index is -0.860. The molecule has 3 aliphatic heterocycles. The smallest absolute Gasteiger partial charge is 0.240 e. The van der Waals surface area contributed by atoms with Crippen LogP contribution in [0.15, 0.2) is 77.3 Å². The summed E-state index contributed by atoms with van der Waals surface area (Å²) in [5.74, 6) is -1.74. The van der Waals surface area contributed by atoms with Gasteiger partial charge in [0, 0.05) is 20.7 Å². The summed E-state index contributed by atoms with van der Waals surface area (Å²) in [5.41, 5.74) is 2.60. The normalized spacial score (nSPS) is 23.1. The third kappa shape index (κ3) is 4.38. The van der Waals surface area contributed by atoms with E-state index in [-0.39, 0.29) is 17.6 Å². The highest BCUT2D eigenvalue weighted by molar-refractivity contribution is 9.10. The van der Waals surface area contributed by atoms with Gasteiger partial charge in [0.05, 0.1) is 30.2 Å². The topological polar surface area (TPSA) is 66.9 Å². The minimum absolute atomic E-state index is 0.205. The molecule has 2 amide bonds. The molecule has 6 rings (SSSR count). The lowest BCUT2D eigenvalue weighted by molar-refractivity contribution is -0.122. The molecule has 0 unspecified atom stereocenters. The van der Waals surface area contributed by atoms with Crippen molar-refractivity contribution in [3.63, 3.8) is 0 Å². The molecule has 0 radical (unpaired) electrons. The van der Waals surface area contributed by atoms with Gasteiger partial charge in [-0.25, -0.2) is 4.90 Å². The number of ether oxygens (including phenoxy) is 1. The number of carbonyl (C=O) groups excluding carboxylic acids is 3. The van der Waals surface area contributed by atoms with Crippen LogP contribution < -0.4 is 14.5 Å². The van der Waals surface area contributed by atoms with Gasteiger partial charge in [-0.1, -0.05) is 71.2 Å². The molecule has 3 heterocycles. The average molecular weight is 606 g/mol. The van der Waals surface area contributed by atoms with Crippen molar-refractivity contribution in [3.8, 4) is 5.75 Å². The lowest BCUT2D eigenvalue weighted by Crippen LogP contribution is -2.48. The number of ketones is 1. The SMILES string of the molecule is CCCCOc1ccc(N2C(=O)[C@@H]3[C@H](C2=O)[C@H]2C=Cc4ccc(Cl)cc4N2[C@@H]3C(=O)c2ccc(Br)cc2)cc1. The summed E-state index contributed by atoms with van der Waals surface area (Å²) < 4.78 is 6.60. The summed E-state index contributed by atoms with van der Waals surface area (Å²) in [6.07, 6.45) is 5.85. The van der Waals surface area contributed by atoms with Crippen molar-refractivity contribution in [1.29, 1.82) is 0 Å². The number of anilines is 2. The first-order valence-electron chi connectivity index (χ1n) is 13.1. The van der Waals surface area contributed by atoms with Gasteiger partial charge in [-0.3, -0.25) is 14.4 Å². The Balaban J connectivity index is 1.40. The predicted molar refractivity (Wildman–Crippen MR) is 155 cm³/mol. The van der Waals surface area contributed by atoms with Gasteiger partial charge in [0.25, 0.3) is 0 Å². The molecule has 8 heteroatoms. The number of carbonyl (C=O) groups is 3. The lowest BCUT2D eigenvalue weighted by atomic mass is 9.86. The number of unbranched alkanes of at least 4 members (excludes halogenated alkanes) is 1. The number of fused-ring (bicyclic) bond motifs is 5. The number of halogens is 2. The molecule has 198 valence electrons. The van der Waals surface area contributed by atoms with Crippen molar-refractivity contribution >= 4 is 62.6 Å². The average Bonchev–Trinajstić information content (AvgIpc) is 3.42. The Bertz CT molecular complexity index is 1490. The van der Waals surface area contributed by atoms with Crippen molar-refractivity contribution in [1.82, 2.24) is 0 Å². The van der Waals surface area contributed by atoms with Crippen molar-refractivity contribution < 1.29 is 19.1 Å². The largest absolute Gasteiger partial charge is 0.494 e. The Kier molecular flexibility index (Phi) is 6.81. The highest BCUT2D eigenvalue weighted by Crippen LogP contribution is 2.50. The summed E-state index contributed by atoms with van der Waals surface area (Å²) in [4.78, 5) is 45.3. The Hall–Kier alpha value is -3.42.